The van der Waals surface area contributed by atoms with Gasteiger partial charge < -0.3 is 4.90 Å². The third-order valence-electron chi connectivity index (χ3n) is 3.33. The monoisotopic (exact) mass is 332 g/mol. The first kappa shape index (κ1) is 13.6. The third kappa shape index (κ3) is 2.62. The summed E-state index contributed by atoms with van der Waals surface area (Å²) in [6, 6.07) is 3.49. The van der Waals surface area contributed by atoms with Gasteiger partial charge in [0.1, 0.15) is 5.69 Å². The van der Waals surface area contributed by atoms with Gasteiger partial charge in [-0.2, -0.15) is 0 Å². The van der Waals surface area contributed by atoms with E-state index in [4.69, 9.17) is 11.6 Å². The van der Waals surface area contributed by atoms with E-state index >= 15 is 0 Å². The first-order valence-electron chi connectivity index (χ1n) is 5.91. The molecule has 1 heterocycles. The van der Waals surface area contributed by atoms with Gasteiger partial charge in [0.2, 0.25) is 0 Å². The van der Waals surface area contributed by atoms with Crippen molar-refractivity contribution >= 4 is 38.9 Å². The maximum Gasteiger partial charge on any atom is 0.293 e. The summed E-state index contributed by atoms with van der Waals surface area (Å²) in [4.78, 5) is 12.9. The van der Waals surface area contributed by atoms with Gasteiger partial charge >= 0.3 is 0 Å². The maximum absolute atomic E-state index is 11.1. The molecule has 0 saturated carbocycles. The van der Waals surface area contributed by atoms with Gasteiger partial charge in [0.05, 0.1) is 9.95 Å². The molecule has 0 bridgehead atoms. The highest BCUT2D eigenvalue weighted by Gasteiger charge is 2.26. The third-order valence-corrected chi connectivity index (χ3v) is 4.52. The summed E-state index contributed by atoms with van der Waals surface area (Å²) in [6.45, 7) is 2.94. The quantitative estimate of drug-likeness (QED) is 0.595. The largest absolute Gasteiger partial charge is 0.363 e. The van der Waals surface area contributed by atoms with E-state index in [0.29, 0.717) is 21.2 Å². The van der Waals surface area contributed by atoms with Crippen LogP contribution in [0.5, 0.6) is 0 Å². The lowest BCUT2D eigenvalue weighted by molar-refractivity contribution is -0.384. The molecule has 0 aliphatic carbocycles. The molecule has 0 amide bonds. The van der Waals surface area contributed by atoms with Crippen LogP contribution in [0.25, 0.3) is 0 Å². The van der Waals surface area contributed by atoms with E-state index in [0.717, 1.165) is 19.4 Å². The average molecular weight is 334 g/mol. The van der Waals surface area contributed by atoms with Crippen molar-refractivity contribution < 1.29 is 4.92 Å². The van der Waals surface area contributed by atoms with Gasteiger partial charge in [-0.15, -0.1) is 0 Å². The molecule has 18 heavy (non-hydrogen) atoms. The Hall–Kier alpha value is -0.810. The van der Waals surface area contributed by atoms with Gasteiger partial charge in [-0.25, -0.2) is 0 Å². The van der Waals surface area contributed by atoms with Gasteiger partial charge in [0.25, 0.3) is 5.69 Å². The average Bonchev–Trinajstić information content (AvgIpc) is 2.32. The fourth-order valence-corrected chi connectivity index (χ4v) is 2.85. The number of nitro benzene ring substituents is 1. The molecular weight excluding hydrogens is 320 g/mol. The second-order valence-corrected chi connectivity index (χ2v) is 5.81. The van der Waals surface area contributed by atoms with Crippen LogP contribution < -0.4 is 4.90 Å². The van der Waals surface area contributed by atoms with Crippen LogP contribution in [0.15, 0.2) is 16.6 Å². The number of hydrogen-bond acceptors (Lipinski definition) is 3. The van der Waals surface area contributed by atoms with Gasteiger partial charge in [0.15, 0.2) is 0 Å². The van der Waals surface area contributed by atoms with Crippen LogP contribution >= 0.6 is 27.5 Å². The minimum absolute atomic E-state index is 0.111. The summed E-state index contributed by atoms with van der Waals surface area (Å²) < 4.78 is 0.560. The molecule has 0 N–H and O–H groups in total. The zero-order chi connectivity index (χ0) is 13.3. The SMILES string of the molecule is CC1CCCCN1c1cc(Cl)c(Br)cc1[N+](=O)[O-]. The molecule has 0 radical (unpaired) electrons. The van der Waals surface area contributed by atoms with E-state index in [1.54, 1.807) is 6.07 Å². The van der Waals surface area contributed by atoms with Crippen molar-refractivity contribution in [3.63, 3.8) is 0 Å². The zero-order valence-corrected chi connectivity index (χ0v) is 12.4. The van der Waals surface area contributed by atoms with Gasteiger partial charge in [-0.05, 0) is 48.2 Å². The molecule has 0 spiro atoms. The molecule has 4 nitrogen and oxygen atoms in total. The van der Waals surface area contributed by atoms with Crippen molar-refractivity contribution in [3.05, 3.63) is 31.7 Å². The Morgan fingerprint density at radius 3 is 2.83 bits per heavy atom. The molecule has 0 aromatic heterocycles. The van der Waals surface area contributed by atoms with Gasteiger partial charge in [-0.1, -0.05) is 11.6 Å². The summed E-state index contributed by atoms with van der Waals surface area (Å²) in [5.41, 5.74) is 0.737. The van der Waals surface area contributed by atoms with E-state index in [9.17, 15) is 10.1 Å². The molecule has 98 valence electrons. The lowest BCUT2D eigenvalue weighted by Crippen LogP contribution is -2.37. The Morgan fingerprint density at radius 2 is 2.22 bits per heavy atom. The van der Waals surface area contributed by atoms with Crippen molar-refractivity contribution in [2.45, 2.75) is 32.2 Å². The first-order valence-corrected chi connectivity index (χ1v) is 7.08. The molecule has 1 atom stereocenters. The Bertz CT molecular complexity index is 481. The molecule has 2 rings (SSSR count). The van der Waals surface area contributed by atoms with Gasteiger partial charge in [-0.3, -0.25) is 10.1 Å². The summed E-state index contributed by atoms with van der Waals surface area (Å²) in [7, 11) is 0. The molecule has 1 saturated heterocycles. The molecule has 1 aliphatic rings. The van der Waals surface area contributed by atoms with Crippen molar-refractivity contribution in [1.82, 2.24) is 0 Å². The predicted octanol–water partition coefficient (Wildman–Crippen LogP) is 4.39. The number of rotatable bonds is 2. The smallest absolute Gasteiger partial charge is 0.293 e. The van der Waals surface area contributed by atoms with Crippen molar-refractivity contribution in [3.8, 4) is 0 Å². The number of anilines is 1. The number of piperidine rings is 1. The number of nitrogens with zero attached hydrogens (tertiary/aromatic N) is 2. The second-order valence-electron chi connectivity index (χ2n) is 4.55. The summed E-state index contributed by atoms with van der Waals surface area (Å²) in [6.07, 6.45) is 3.30. The Labute approximate surface area is 119 Å². The molecule has 1 aliphatic heterocycles. The van der Waals surface area contributed by atoms with Crippen LogP contribution in [0.4, 0.5) is 11.4 Å². The fourth-order valence-electron chi connectivity index (χ4n) is 2.36. The van der Waals surface area contributed by atoms with E-state index < -0.39 is 0 Å². The van der Waals surface area contributed by atoms with Crippen LogP contribution in [-0.4, -0.2) is 17.5 Å². The molecule has 1 unspecified atom stereocenters. The zero-order valence-electron chi connectivity index (χ0n) is 10.0. The van der Waals surface area contributed by atoms with E-state index in [-0.39, 0.29) is 10.6 Å². The number of benzene rings is 1. The number of hydrogen-bond donors (Lipinski definition) is 0. The molecule has 1 fully saturated rings. The van der Waals surface area contributed by atoms with Crippen molar-refractivity contribution in [1.29, 1.82) is 0 Å². The Balaban J connectivity index is 2.47. The van der Waals surface area contributed by atoms with E-state index in [1.807, 2.05) is 0 Å². The summed E-state index contributed by atoms with van der Waals surface area (Å²) in [5, 5.41) is 11.7. The number of halogens is 2. The lowest BCUT2D eigenvalue weighted by Gasteiger charge is -2.35. The summed E-state index contributed by atoms with van der Waals surface area (Å²) >= 11 is 9.29. The predicted molar refractivity (Wildman–Crippen MR) is 76.5 cm³/mol. The standard InChI is InChI=1S/C12H14BrClN2O2/c1-8-4-2-3-5-15(8)11-7-10(14)9(13)6-12(11)16(17)18/h6-8H,2-5H2,1H3. The molecule has 1 aromatic rings. The highest BCUT2D eigenvalue weighted by atomic mass is 79.9. The Morgan fingerprint density at radius 1 is 1.50 bits per heavy atom. The van der Waals surface area contributed by atoms with Crippen LogP contribution in [0.3, 0.4) is 0 Å². The topological polar surface area (TPSA) is 46.4 Å². The van der Waals surface area contributed by atoms with Crippen molar-refractivity contribution in [2.75, 3.05) is 11.4 Å². The second kappa shape index (κ2) is 5.45. The number of nitro groups is 1. The van der Waals surface area contributed by atoms with E-state index in [2.05, 4.69) is 27.8 Å². The highest BCUT2D eigenvalue weighted by Crippen LogP contribution is 2.38. The summed E-state index contributed by atoms with van der Waals surface area (Å²) in [5.74, 6) is 0. The molecule has 1 aromatic carbocycles. The van der Waals surface area contributed by atoms with Crippen LogP contribution in [0.1, 0.15) is 26.2 Å². The van der Waals surface area contributed by atoms with Gasteiger partial charge in [0, 0.05) is 23.1 Å². The molecular formula is C12H14BrClN2O2. The van der Waals surface area contributed by atoms with E-state index in [1.165, 1.54) is 12.5 Å². The normalized spacial score (nSPS) is 19.9. The fraction of sp³-hybridized carbons (Fsp3) is 0.500. The highest BCUT2D eigenvalue weighted by molar-refractivity contribution is 9.10. The van der Waals surface area contributed by atoms with Crippen molar-refractivity contribution in [2.24, 2.45) is 0 Å². The Kier molecular flexibility index (Phi) is 4.12. The lowest BCUT2D eigenvalue weighted by atomic mass is 10.0. The van der Waals surface area contributed by atoms with Crippen LogP contribution in [0, 0.1) is 10.1 Å². The van der Waals surface area contributed by atoms with Crippen LogP contribution in [0.2, 0.25) is 5.02 Å². The first-order chi connectivity index (χ1) is 8.50. The molecule has 6 heteroatoms. The maximum atomic E-state index is 11.1. The minimum Gasteiger partial charge on any atom is -0.363 e. The van der Waals surface area contributed by atoms with Crippen LogP contribution in [-0.2, 0) is 0 Å². The minimum atomic E-state index is -0.349.